The lowest BCUT2D eigenvalue weighted by Gasteiger charge is -2.25. The molecule has 14 rings (SSSR count). The second-order valence-electron chi connectivity index (χ2n) is 17.2. The predicted molar refractivity (Wildman–Crippen MR) is 276 cm³/mol. The molecule has 0 aliphatic carbocycles. The standard InChI is InChI=1S/C62H34N4O/c1-64-60-54(37-18-4-2-5-19-37)47(36-63)61(65-48-30-12-10-24-45(48)56-43(28-16-31-49(56)65)44-29-17-35-53-57(44)46-25-11-13-34-52(46)67-53)55(38-20-6-3-7-21-38)62(60)66-50-32-14-26-41-39-22-8-9-23-40(39)42-27-15-33-51(66)59(42)58(41)50/h2-35H. The van der Waals surface area contributed by atoms with Gasteiger partial charge in [-0.25, -0.2) is 4.85 Å². The van der Waals surface area contributed by atoms with E-state index >= 15 is 0 Å². The third-order valence-corrected chi connectivity index (χ3v) is 13.9. The Kier molecular flexibility index (Phi) is 7.75. The molecule has 11 aromatic carbocycles. The average molecular weight is 851 g/mol. The summed E-state index contributed by atoms with van der Waals surface area (Å²) >= 11 is 0. The van der Waals surface area contributed by atoms with Crippen LogP contribution >= 0.6 is 0 Å². The third kappa shape index (κ3) is 5.00. The zero-order chi connectivity index (χ0) is 44.3. The number of hydrogen-bond acceptors (Lipinski definition) is 2. The Morgan fingerprint density at radius 2 is 0.851 bits per heavy atom. The smallest absolute Gasteiger partial charge is 0.220 e. The fraction of sp³-hybridized carbons (Fsp3) is 0. The summed E-state index contributed by atoms with van der Waals surface area (Å²) in [5, 5.41) is 23.1. The van der Waals surface area contributed by atoms with Crippen molar-refractivity contribution in [1.82, 2.24) is 9.13 Å². The van der Waals surface area contributed by atoms with Gasteiger partial charge in [-0.05, 0) is 80.2 Å². The van der Waals surface area contributed by atoms with Crippen molar-refractivity contribution in [2.45, 2.75) is 0 Å². The molecule has 0 aliphatic rings. The maximum absolute atomic E-state index is 11.9. The zero-order valence-electron chi connectivity index (χ0n) is 35.8. The number of para-hydroxylation sites is 2. The molecule has 5 nitrogen and oxygen atoms in total. The van der Waals surface area contributed by atoms with Crippen molar-refractivity contribution >= 4 is 92.8 Å². The molecule has 3 aromatic heterocycles. The fourth-order valence-electron chi connectivity index (χ4n) is 11.4. The van der Waals surface area contributed by atoms with Crippen molar-refractivity contribution in [1.29, 1.82) is 5.26 Å². The first-order chi connectivity index (χ1) is 33.2. The highest BCUT2D eigenvalue weighted by molar-refractivity contribution is 6.35. The van der Waals surface area contributed by atoms with Gasteiger partial charge in [0.15, 0.2) is 0 Å². The number of benzene rings is 11. The van der Waals surface area contributed by atoms with Crippen LogP contribution in [-0.2, 0) is 0 Å². The summed E-state index contributed by atoms with van der Waals surface area (Å²) in [4.78, 5) is 4.52. The van der Waals surface area contributed by atoms with Crippen LogP contribution in [0.25, 0.3) is 137 Å². The molecule has 0 fully saturated rings. The Hall–Kier alpha value is -9.42. The molecule has 0 radical (unpaired) electrons. The minimum Gasteiger partial charge on any atom is -0.456 e. The Labute approximate surface area is 384 Å². The van der Waals surface area contributed by atoms with Gasteiger partial charge in [-0.15, -0.1) is 0 Å². The Morgan fingerprint density at radius 3 is 1.49 bits per heavy atom. The molecule has 0 saturated heterocycles. The number of nitriles is 1. The van der Waals surface area contributed by atoms with Crippen LogP contribution in [0.3, 0.4) is 0 Å². The van der Waals surface area contributed by atoms with Crippen LogP contribution in [-0.4, -0.2) is 9.13 Å². The van der Waals surface area contributed by atoms with Crippen LogP contribution in [0.5, 0.6) is 0 Å². The normalized spacial score (nSPS) is 11.9. The van der Waals surface area contributed by atoms with E-state index in [0.29, 0.717) is 22.5 Å². The largest absolute Gasteiger partial charge is 0.456 e. The van der Waals surface area contributed by atoms with Crippen LogP contribution in [0, 0.1) is 17.9 Å². The third-order valence-electron chi connectivity index (χ3n) is 13.9. The molecule has 67 heavy (non-hydrogen) atoms. The maximum atomic E-state index is 11.9. The first-order valence-corrected chi connectivity index (χ1v) is 22.5. The summed E-state index contributed by atoms with van der Waals surface area (Å²) in [5.41, 5.74) is 13.0. The van der Waals surface area contributed by atoms with E-state index in [1.807, 2.05) is 66.7 Å². The van der Waals surface area contributed by atoms with Crippen molar-refractivity contribution < 1.29 is 4.42 Å². The summed E-state index contributed by atoms with van der Waals surface area (Å²) < 4.78 is 11.1. The first-order valence-electron chi connectivity index (χ1n) is 22.5. The maximum Gasteiger partial charge on any atom is 0.220 e. The minimum absolute atomic E-state index is 0.414. The van der Waals surface area contributed by atoms with E-state index in [-0.39, 0.29) is 0 Å². The lowest BCUT2D eigenvalue weighted by atomic mass is 9.88. The van der Waals surface area contributed by atoms with Crippen LogP contribution in [0.1, 0.15) is 5.56 Å². The number of nitrogens with zero attached hydrogens (tertiary/aromatic N) is 4. The highest BCUT2D eigenvalue weighted by Crippen LogP contribution is 2.54. The molecular weight excluding hydrogens is 817 g/mol. The Morgan fingerprint density at radius 1 is 0.388 bits per heavy atom. The Balaban J connectivity index is 1.22. The van der Waals surface area contributed by atoms with Crippen LogP contribution < -0.4 is 0 Å². The molecule has 0 atom stereocenters. The molecule has 3 heterocycles. The van der Waals surface area contributed by atoms with Gasteiger partial charge in [-0.1, -0.05) is 170 Å². The number of furan rings is 1. The molecule has 0 amide bonds. The number of rotatable bonds is 5. The van der Waals surface area contributed by atoms with Gasteiger partial charge in [-0.2, -0.15) is 5.26 Å². The van der Waals surface area contributed by atoms with Gasteiger partial charge in [-0.3, -0.25) is 0 Å². The molecule has 0 saturated carbocycles. The molecule has 0 unspecified atom stereocenters. The van der Waals surface area contributed by atoms with Crippen LogP contribution in [0.2, 0.25) is 0 Å². The van der Waals surface area contributed by atoms with Gasteiger partial charge in [0.05, 0.1) is 45.6 Å². The molecule has 5 heteroatoms. The van der Waals surface area contributed by atoms with E-state index in [9.17, 15) is 11.8 Å². The van der Waals surface area contributed by atoms with Crippen molar-refractivity contribution in [3.05, 3.63) is 223 Å². The minimum atomic E-state index is 0.414. The van der Waals surface area contributed by atoms with E-state index in [0.717, 1.165) is 110 Å². The SMILES string of the molecule is [C-]#[N+]c1c(-c2ccccc2)c(C#N)c(-n2c3ccccc3c3c(-c4cccc5oc6ccccc6c45)cccc32)c(-c2ccccc2)c1-n1c2cccc3c4ccccc4c4cccc1c4c32. The summed E-state index contributed by atoms with van der Waals surface area (Å²) in [6.45, 7) is 9.26. The van der Waals surface area contributed by atoms with Gasteiger partial charge < -0.3 is 13.6 Å². The number of hydrogen-bond donors (Lipinski definition) is 0. The van der Waals surface area contributed by atoms with E-state index < -0.39 is 0 Å². The molecule has 14 aromatic rings. The number of aromatic nitrogens is 2. The second-order valence-corrected chi connectivity index (χ2v) is 17.2. The van der Waals surface area contributed by atoms with Gasteiger partial charge in [0.2, 0.25) is 5.69 Å². The van der Waals surface area contributed by atoms with Crippen molar-refractivity contribution in [3.63, 3.8) is 0 Å². The quantitative estimate of drug-likeness (QED) is 0.128. The lowest BCUT2D eigenvalue weighted by molar-refractivity contribution is 0.669. The average Bonchev–Trinajstić information content (AvgIpc) is 4.06. The van der Waals surface area contributed by atoms with Gasteiger partial charge >= 0.3 is 0 Å². The van der Waals surface area contributed by atoms with E-state index in [2.05, 4.69) is 160 Å². The van der Waals surface area contributed by atoms with Crippen molar-refractivity contribution in [2.75, 3.05) is 0 Å². The van der Waals surface area contributed by atoms with E-state index in [1.165, 1.54) is 10.8 Å². The molecule has 0 N–H and O–H groups in total. The predicted octanol–water partition coefficient (Wildman–Crippen LogP) is 16.9. The van der Waals surface area contributed by atoms with Gasteiger partial charge in [0.25, 0.3) is 0 Å². The summed E-state index contributed by atoms with van der Waals surface area (Å²) in [6.07, 6.45) is 0. The fourth-order valence-corrected chi connectivity index (χ4v) is 11.4. The lowest BCUT2D eigenvalue weighted by Crippen LogP contribution is -2.08. The first kappa shape index (κ1) is 37.0. The van der Waals surface area contributed by atoms with E-state index in [1.54, 1.807) is 0 Å². The van der Waals surface area contributed by atoms with Crippen molar-refractivity contribution in [3.8, 4) is 50.8 Å². The molecule has 0 spiro atoms. The summed E-state index contributed by atoms with van der Waals surface area (Å²) in [7, 11) is 0. The van der Waals surface area contributed by atoms with Crippen LogP contribution in [0.15, 0.2) is 211 Å². The van der Waals surface area contributed by atoms with Crippen LogP contribution in [0.4, 0.5) is 5.69 Å². The molecular formula is C62H34N4O. The topological polar surface area (TPSA) is 51.1 Å². The summed E-state index contributed by atoms with van der Waals surface area (Å²) in [6, 6.07) is 74.3. The zero-order valence-corrected chi connectivity index (χ0v) is 35.8. The molecule has 308 valence electrons. The van der Waals surface area contributed by atoms with E-state index in [4.69, 9.17) is 4.42 Å². The highest BCUT2D eigenvalue weighted by atomic mass is 16.3. The van der Waals surface area contributed by atoms with Crippen molar-refractivity contribution in [2.24, 2.45) is 0 Å². The molecule has 0 aliphatic heterocycles. The highest BCUT2D eigenvalue weighted by Gasteiger charge is 2.32. The van der Waals surface area contributed by atoms with Gasteiger partial charge in [0, 0.05) is 43.4 Å². The number of fused-ring (bicyclic) bond motifs is 9. The second kappa shape index (κ2) is 14.0. The Bertz CT molecular complexity index is 4370. The van der Waals surface area contributed by atoms with Gasteiger partial charge in [0.1, 0.15) is 17.2 Å². The summed E-state index contributed by atoms with van der Waals surface area (Å²) in [5.74, 6) is 0. The molecule has 0 bridgehead atoms. The monoisotopic (exact) mass is 850 g/mol.